The maximum Gasteiger partial charge on any atom is 0.241 e. The average Bonchev–Trinajstić information content (AvgIpc) is 3.89. The molecule has 1 aliphatic rings. The summed E-state index contributed by atoms with van der Waals surface area (Å²) >= 11 is 0. The van der Waals surface area contributed by atoms with Gasteiger partial charge in [0, 0.05) is 33.4 Å². The maximum atomic E-state index is 7.13. The highest BCUT2D eigenvalue weighted by Gasteiger charge is 2.28. The zero-order chi connectivity index (χ0) is 48.7. The Morgan fingerprint density at radius 3 is 1.70 bits per heavy atom. The molecule has 0 saturated heterocycles. The summed E-state index contributed by atoms with van der Waals surface area (Å²) in [6.07, 6.45) is 0. The summed E-state index contributed by atoms with van der Waals surface area (Å²) in [6, 6.07) is 96.6. The lowest BCUT2D eigenvalue weighted by atomic mass is 9.36. The van der Waals surface area contributed by atoms with E-state index in [1.165, 1.54) is 65.2 Å². The van der Waals surface area contributed by atoms with Crippen LogP contribution in [-0.2, 0) is 0 Å². The van der Waals surface area contributed by atoms with Gasteiger partial charge in [-0.2, -0.15) is 0 Å². The second-order valence-corrected chi connectivity index (χ2v) is 19.4. The molecule has 15 rings (SSSR count). The lowest BCUT2D eigenvalue weighted by Crippen LogP contribution is -2.52. The number of fused-ring (bicyclic) bond motifs is 10. The standard InChI is InChI=1S/C70H44BNO2/c1-4-20-45(21-5-1)49-26-12-14-36-64(49)72(65-37-18-34-58-55-29-13-15-38-66(55)74-70(58)65)48-40-41-56-62-44-60-52-28-11-10-27-51(52)59(43-61(60)57-33-19-39-67(69(57)62)73-68(56)42-48)53-30-16-32-54-50(53)31-17-35-63(54)71(46-22-6-2-7-23-46)47-24-8-3-9-25-47/h1-44H. The van der Waals surface area contributed by atoms with Gasteiger partial charge in [0.05, 0.1) is 17.1 Å². The van der Waals surface area contributed by atoms with Gasteiger partial charge < -0.3 is 14.1 Å². The molecule has 0 N–H and O–H groups in total. The van der Waals surface area contributed by atoms with Crippen LogP contribution in [0.4, 0.5) is 17.1 Å². The third-order valence-electron chi connectivity index (χ3n) is 15.4. The second-order valence-electron chi connectivity index (χ2n) is 19.4. The third-order valence-corrected chi connectivity index (χ3v) is 15.4. The fourth-order valence-electron chi connectivity index (χ4n) is 12.1. The molecule has 0 atom stereocenters. The fraction of sp³-hybridized carbons (Fsp3) is 0. The van der Waals surface area contributed by atoms with E-state index in [9.17, 15) is 0 Å². The predicted molar refractivity (Wildman–Crippen MR) is 312 cm³/mol. The first kappa shape index (κ1) is 42.1. The van der Waals surface area contributed by atoms with Gasteiger partial charge in [-0.1, -0.05) is 229 Å². The largest absolute Gasteiger partial charge is 0.456 e. The first-order chi connectivity index (χ1) is 36.7. The van der Waals surface area contributed by atoms with E-state index in [1.54, 1.807) is 0 Å². The molecule has 4 heteroatoms. The number of rotatable bonds is 8. The number of anilines is 3. The Labute approximate surface area is 428 Å². The molecule has 2 heterocycles. The van der Waals surface area contributed by atoms with Crippen molar-refractivity contribution in [2.24, 2.45) is 0 Å². The highest BCUT2D eigenvalue weighted by atomic mass is 16.5. The quantitative estimate of drug-likeness (QED) is 0.112. The summed E-state index contributed by atoms with van der Waals surface area (Å²) in [5.74, 6) is 1.65. The highest BCUT2D eigenvalue weighted by Crippen LogP contribution is 2.53. The molecule has 0 bridgehead atoms. The van der Waals surface area contributed by atoms with Gasteiger partial charge in [0.2, 0.25) is 6.71 Å². The summed E-state index contributed by atoms with van der Waals surface area (Å²) in [7, 11) is 0. The minimum absolute atomic E-state index is 0.0779. The van der Waals surface area contributed by atoms with E-state index in [0.29, 0.717) is 0 Å². The van der Waals surface area contributed by atoms with Crippen molar-refractivity contribution in [3.8, 4) is 44.9 Å². The van der Waals surface area contributed by atoms with Crippen molar-refractivity contribution in [1.82, 2.24) is 0 Å². The van der Waals surface area contributed by atoms with Crippen LogP contribution in [-0.4, -0.2) is 6.71 Å². The summed E-state index contributed by atoms with van der Waals surface area (Å²) in [5.41, 5.74) is 15.4. The minimum atomic E-state index is 0.0779. The van der Waals surface area contributed by atoms with Crippen LogP contribution in [0.15, 0.2) is 271 Å². The molecule has 1 aromatic heterocycles. The van der Waals surface area contributed by atoms with Gasteiger partial charge >= 0.3 is 0 Å². The molecule has 0 radical (unpaired) electrons. The Kier molecular flexibility index (Phi) is 9.67. The smallest absolute Gasteiger partial charge is 0.241 e. The Balaban J connectivity index is 0.916. The summed E-state index contributed by atoms with van der Waals surface area (Å²) < 4.78 is 13.9. The number of furan rings is 1. The van der Waals surface area contributed by atoms with Crippen molar-refractivity contribution in [1.29, 1.82) is 0 Å². The lowest BCUT2D eigenvalue weighted by molar-refractivity contribution is 0.487. The number of benzene rings is 13. The van der Waals surface area contributed by atoms with Gasteiger partial charge in [-0.25, -0.2) is 0 Å². The van der Waals surface area contributed by atoms with Gasteiger partial charge in [0.1, 0.15) is 17.1 Å². The topological polar surface area (TPSA) is 25.6 Å². The molecule has 1 aliphatic heterocycles. The normalized spacial score (nSPS) is 11.9. The number of nitrogens with zero attached hydrogens (tertiary/aromatic N) is 1. The molecule has 3 nitrogen and oxygen atoms in total. The van der Waals surface area contributed by atoms with Crippen molar-refractivity contribution in [3.63, 3.8) is 0 Å². The van der Waals surface area contributed by atoms with E-state index < -0.39 is 0 Å². The van der Waals surface area contributed by atoms with Crippen LogP contribution in [0.1, 0.15) is 0 Å². The summed E-state index contributed by atoms with van der Waals surface area (Å²) in [6.45, 7) is 0.0779. The van der Waals surface area contributed by atoms with E-state index in [1.807, 2.05) is 12.1 Å². The van der Waals surface area contributed by atoms with Crippen molar-refractivity contribution in [3.05, 3.63) is 267 Å². The number of para-hydroxylation sites is 3. The first-order valence-corrected chi connectivity index (χ1v) is 25.4. The van der Waals surface area contributed by atoms with E-state index in [2.05, 4.69) is 260 Å². The Morgan fingerprint density at radius 1 is 0.311 bits per heavy atom. The van der Waals surface area contributed by atoms with Crippen LogP contribution in [0.3, 0.4) is 0 Å². The van der Waals surface area contributed by atoms with Gasteiger partial charge in [-0.15, -0.1) is 0 Å². The van der Waals surface area contributed by atoms with Crippen molar-refractivity contribution in [2.75, 3.05) is 4.90 Å². The van der Waals surface area contributed by atoms with Gasteiger partial charge in [0.15, 0.2) is 5.58 Å². The van der Waals surface area contributed by atoms with Crippen LogP contribution in [0.2, 0.25) is 0 Å². The molecule has 0 saturated carbocycles. The van der Waals surface area contributed by atoms with Crippen LogP contribution < -0.4 is 26.0 Å². The van der Waals surface area contributed by atoms with Crippen molar-refractivity contribution < 1.29 is 9.15 Å². The molecular formula is C70H44BNO2. The molecule has 0 unspecified atom stereocenters. The summed E-state index contributed by atoms with van der Waals surface area (Å²) in [5, 5.41) is 11.8. The van der Waals surface area contributed by atoms with Gasteiger partial charge in [-0.3, -0.25) is 0 Å². The molecular weight excluding hydrogens is 898 g/mol. The van der Waals surface area contributed by atoms with Crippen LogP contribution >= 0.6 is 0 Å². The van der Waals surface area contributed by atoms with Gasteiger partial charge in [-0.05, 0) is 108 Å². The SMILES string of the molecule is c1ccc(B(c2ccccc2)c2cccc3c(-c4cc5c6cccc7c6c(cc5c5ccccc45)-c4ccc(N(c5ccccc5-c5ccccc5)c5cccc6c5oc5ccccc56)cc4O7)cccc23)cc1. The number of hydrogen-bond acceptors (Lipinski definition) is 3. The highest BCUT2D eigenvalue weighted by molar-refractivity contribution is 6.96. The van der Waals surface area contributed by atoms with Gasteiger partial charge in [0.25, 0.3) is 0 Å². The fourth-order valence-corrected chi connectivity index (χ4v) is 12.1. The van der Waals surface area contributed by atoms with Crippen molar-refractivity contribution in [2.45, 2.75) is 0 Å². The van der Waals surface area contributed by atoms with E-state index >= 15 is 0 Å². The molecule has 344 valence electrons. The van der Waals surface area contributed by atoms with E-state index in [0.717, 1.165) is 78.1 Å². The summed E-state index contributed by atoms with van der Waals surface area (Å²) in [4.78, 5) is 2.34. The number of ether oxygens (including phenoxy) is 1. The molecule has 0 amide bonds. The zero-order valence-corrected chi connectivity index (χ0v) is 40.2. The molecule has 0 aliphatic carbocycles. The Bertz CT molecular complexity index is 4490. The zero-order valence-electron chi connectivity index (χ0n) is 40.2. The second kappa shape index (κ2) is 17.0. The van der Waals surface area contributed by atoms with Crippen LogP contribution in [0.25, 0.3) is 98.4 Å². The average molecular weight is 942 g/mol. The molecule has 74 heavy (non-hydrogen) atoms. The van der Waals surface area contributed by atoms with E-state index in [4.69, 9.17) is 9.15 Å². The maximum absolute atomic E-state index is 7.13. The molecule has 0 spiro atoms. The van der Waals surface area contributed by atoms with Crippen LogP contribution in [0, 0.1) is 0 Å². The molecule has 14 aromatic rings. The van der Waals surface area contributed by atoms with E-state index in [-0.39, 0.29) is 6.71 Å². The number of hydrogen-bond donors (Lipinski definition) is 0. The first-order valence-electron chi connectivity index (χ1n) is 25.4. The van der Waals surface area contributed by atoms with Crippen LogP contribution in [0.5, 0.6) is 11.5 Å². The Morgan fingerprint density at radius 2 is 0.878 bits per heavy atom. The Hall–Kier alpha value is -9.64. The van der Waals surface area contributed by atoms with Crippen molar-refractivity contribution >= 4 is 105 Å². The predicted octanol–water partition coefficient (Wildman–Crippen LogP) is 17.3. The molecule has 0 fully saturated rings. The molecule has 13 aromatic carbocycles. The lowest BCUT2D eigenvalue weighted by Gasteiger charge is -2.30. The third kappa shape index (κ3) is 6.62. The monoisotopic (exact) mass is 941 g/mol. The minimum Gasteiger partial charge on any atom is -0.456 e.